The summed E-state index contributed by atoms with van der Waals surface area (Å²) in [6, 6.07) is 23.3. The van der Waals surface area contributed by atoms with Gasteiger partial charge in [-0.15, -0.1) is 0 Å². The van der Waals surface area contributed by atoms with Crippen LogP contribution in [0.4, 0.5) is 11.4 Å². The number of hydrogen-bond donors (Lipinski definition) is 2. The second-order valence-corrected chi connectivity index (χ2v) is 7.19. The third-order valence-corrected chi connectivity index (χ3v) is 4.63. The molecule has 32 heavy (non-hydrogen) atoms. The first-order valence-corrected chi connectivity index (χ1v) is 10.1. The van der Waals surface area contributed by atoms with Gasteiger partial charge in [-0.3, -0.25) is 9.59 Å². The summed E-state index contributed by atoms with van der Waals surface area (Å²) in [6.45, 7) is 1.83. The van der Waals surface area contributed by atoms with Gasteiger partial charge in [-0.05, 0) is 61.0 Å². The molecule has 1 heterocycles. The second-order valence-electron chi connectivity index (χ2n) is 7.19. The third kappa shape index (κ3) is 5.40. The zero-order valence-corrected chi connectivity index (χ0v) is 17.5. The molecule has 0 unspecified atom stereocenters. The van der Waals surface area contributed by atoms with Crippen LogP contribution in [0.15, 0.2) is 91.3 Å². The number of hydrogen-bond acceptors (Lipinski definition) is 4. The molecule has 4 aromatic rings. The van der Waals surface area contributed by atoms with Gasteiger partial charge in [0, 0.05) is 29.2 Å². The lowest BCUT2D eigenvalue weighted by Crippen LogP contribution is -2.20. The summed E-state index contributed by atoms with van der Waals surface area (Å²) in [7, 11) is 0. The van der Waals surface area contributed by atoms with Crippen LogP contribution in [0.25, 0.3) is 5.69 Å². The lowest BCUT2D eigenvalue weighted by molar-refractivity contribution is -0.118. The standard InChI is InChI=1S/C25H22N4O3/c1-18-15-26-29(16-18)22-12-10-19(11-13-22)25(31)28-21-8-5-9-23(14-21)32-17-24(30)27-20-6-3-2-4-7-20/h2-16H,17H2,1H3,(H,27,30)(H,28,31). The number of amides is 2. The highest BCUT2D eigenvalue weighted by Gasteiger charge is 2.09. The van der Waals surface area contributed by atoms with Gasteiger partial charge in [-0.2, -0.15) is 5.10 Å². The van der Waals surface area contributed by atoms with Gasteiger partial charge in [0.05, 0.1) is 11.9 Å². The van der Waals surface area contributed by atoms with E-state index in [1.807, 2.05) is 43.5 Å². The van der Waals surface area contributed by atoms with E-state index >= 15 is 0 Å². The van der Waals surface area contributed by atoms with Crippen LogP contribution < -0.4 is 15.4 Å². The maximum Gasteiger partial charge on any atom is 0.262 e. The normalized spacial score (nSPS) is 10.4. The Morgan fingerprint density at radius 3 is 2.38 bits per heavy atom. The van der Waals surface area contributed by atoms with Gasteiger partial charge in [0.25, 0.3) is 11.8 Å². The zero-order chi connectivity index (χ0) is 22.3. The molecule has 7 heteroatoms. The van der Waals surface area contributed by atoms with Crippen LogP contribution in [-0.2, 0) is 4.79 Å². The van der Waals surface area contributed by atoms with Crippen LogP contribution in [-0.4, -0.2) is 28.2 Å². The van der Waals surface area contributed by atoms with Crippen LogP contribution >= 0.6 is 0 Å². The van der Waals surface area contributed by atoms with Crippen molar-refractivity contribution in [1.29, 1.82) is 0 Å². The molecular weight excluding hydrogens is 404 g/mol. The van der Waals surface area contributed by atoms with Crippen molar-refractivity contribution in [2.75, 3.05) is 17.2 Å². The molecule has 0 radical (unpaired) electrons. The topological polar surface area (TPSA) is 85.2 Å². The monoisotopic (exact) mass is 426 g/mol. The Bertz CT molecular complexity index is 1220. The van der Waals surface area contributed by atoms with Crippen molar-refractivity contribution in [2.24, 2.45) is 0 Å². The molecule has 2 N–H and O–H groups in total. The molecule has 1 aromatic heterocycles. The van der Waals surface area contributed by atoms with Gasteiger partial charge < -0.3 is 15.4 Å². The summed E-state index contributed by atoms with van der Waals surface area (Å²) in [5, 5.41) is 9.87. The first-order chi connectivity index (χ1) is 15.6. The molecule has 7 nitrogen and oxygen atoms in total. The summed E-state index contributed by atoms with van der Waals surface area (Å²) in [5.74, 6) is -0.0271. The lowest BCUT2D eigenvalue weighted by Gasteiger charge is -2.10. The van der Waals surface area contributed by atoms with Gasteiger partial charge in [-0.25, -0.2) is 4.68 Å². The van der Waals surface area contributed by atoms with Gasteiger partial charge in [0.15, 0.2) is 6.61 Å². The molecule has 0 atom stereocenters. The number of benzene rings is 3. The van der Waals surface area contributed by atoms with Crippen molar-refractivity contribution in [2.45, 2.75) is 6.92 Å². The predicted molar refractivity (Wildman–Crippen MR) is 123 cm³/mol. The number of carbonyl (C=O) groups is 2. The molecule has 0 bridgehead atoms. The molecule has 0 aliphatic carbocycles. The van der Waals surface area contributed by atoms with Gasteiger partial charge in [0.1, 0.15) is 5.75 Å². The quantitative estimate of drug-likeness (QED) is 0.457. The van der Waals surface area contributed by atoms with Crippen molar-refractivity contribution in [1.82, 2.24) is 9.78 Å². The number of ether oxygens (including phenoxy) is 1. The highest BCUT2D eigenvalue weighted by Crippen LogP contribution is 2.19. The molecule has 0 fully saturated rings. The van der Waals surface area contributed by atoms with Gasteiger partial charge in [0.2, 0.25) is 0 Å². The number of para-hydroxylation sites is 1. The molecule has 4 rings (SSSR count). The molecule has 2 amide bonds. The van der Waals surface area contributed by atoms with Gasteiger partial charge >= 0.3 is 0 Å². The van der Waals surface area contributed by atoms with Crippen LogP contribution in [0.5, 0.6) is 5.75 Å². The summed E-state index contributed by atoms with van der Waals surface area (Å²) in [4.78, 5) is 24.7. The van der Waals surface area contributed by atoms with E-state index in [1.54, 1.807) is 59.4 Å². The average molecular weight is 426 g/mol. The van der Waals surface area contributed by atoms with E-state index < -0.39 is 0 Å². The maximum atomic E-state index is 12.6. The molecular formula is C25H22N4O3. The minimum absolute atomic E-state index is 0.138. The summed E-state index contributed by atoms with van der Waals surface area (Å²) in [5.41, 5.74) is 3.73. The average Bonchev–Trinajstić information content (AvgIpc) is 3.25. The largest absolute Gasteiger partial charge is 0.484 e. The van der Waals surface area contributed by atoms with E-state index in [4.69, 9.17) is 4.74 Å². The zero-order valence-electron chi connectivity index (χ0n) is 17.5. The van der Waals surface area contributed by atoms with Crippen LogP contribution in [0.1, 0.15) is 15.9 Å². The number of nitrogens with zero attached hydrogens (tertiary/aromatic N) is 2. The Morgan fingerprint density at radius 2 is 1.66 bits per heavy atom. The van der Waals surface area contributed by atoms with Crippen LogP contribution in [0.2, 0.25) is 0 Å². The van der Waals surface area contributed by atoms with Crippen LogP contribution in [0.3, 0.4) is 0 Å². The lowest BCUT2D eigenvalue weighted by atomic mass is 10.2. The maximum absolute atomic E-state index is 12.6. The Balaban J connectivity index is 1.34. The first kappa shape index (κ1) is 20.9. The Kier molecular flexibility index (Phi) is 6.27. The molecule has 0 spiro atoms. The van der Waals surface area contributed by atoms with E-state index in [1.165, 1.54) is 0 Å². The predicted octanol–water partition coefficient (Wildman–Crippen LogP) is 4.45. The molecule has 0 aliphatic rings. The highest BCUT2D eigenvalue weighted by molar-refractivity contribution is 6.04. The minimum Gasteiger partial charge on any atom is -0.484 e. The minimum atomic E-state index is -0.266. The van der Waals surface area contributed by atoms with E-state index in [-0.39, 0.29) is 18.4 Å². The van der Waals surface area contributed by atoms with E-state index in [0.717, 1.165) is 11.3 Å². The summed E-state index contributed by atoms with van der Waals surface area (Å²) in [6.07, 6.45) is 3.70. The van der Waals surface area contributed by atoms with Crippen molar-refractivity contribution in [3.63, 3.8) is 0 Å². The van der Waals surface area contributed by atoms with Crippen molar-refractivity contribution < 1.29 is 14.3 Å². The summed E-state index contributed by atoms with van der Waals surface area (Å²) >= 11 is 0. The van der Waals surface area contributed by atoms with Gasteiger partial charge in [-0.1, -0.05) is 24.3 Å². The first-order valence-electron chi connectivity index (χ1n) is 10.1. The smallest absolute Gasteiger partial charge is 0.262 e. The number of rotatable bonds is 7. The molecule has 0 aliphatic heterocycles. The molecule has 0 saturated carbocycles. The molecule has 0 saturated heterocycles. The fraction of sp³-hybridized carbons (Fsp3) is 0.0800. The SMILES string of the molecule is Cc1cnn(-c2ccc(C(=O)Nc3cccc(OCC(=O)Nc4ccccc4)c3)cc2)c1. The number of carbonyl (C=O) groups excluding carboxylic acids is 2. The fourth-order valence-electron chi connectivity index (χ4n) is 3.05. The van der Waals surface area contributed by atoms with E-state index in [0.29, 0.717) is 22.7 Å². The number of aromatic nitrogens is 2. The number of anilines is 2. The number of aryl methyl sites for hydroxylation is 1. The fourth-order valence-corrected chi connectivity index (χ4v) is 3.05. The molecule has 160 valence electrons. The van der Waals surface area contributed by atoms with E-state index in [9.17, 15) is 9.59 Å². The Labute approximate surface area is 185 Å². The summed E-state index contributed by atoms with van der Waals surface area (Å²) < 4.78 is 7.32. The number of nitrogens with one attached hydrogen (secondary N) is 2. The van der Waals surface area contributed by atoms with Crippen LogP contribution in [0, 0.1) is 6.92 Å². The third-order valence-electron chi connectivity index (χ3n) is 4.63. The van der Waals surface area contributed by atoms with Crippen molar-refractivity contribution in [3.8, 4) is 11.4 Å². The second kappa shape index (κ2) is 9.61. The Morgan fingerprint density at radius 1 is 0.906 bits per heavy atom. The van der Waals surface area contributed by atoms with Crippen molar-refractivity contribution in [3.05, 3.63) is 102 Å². The van der Waals surface area contributed by atoms with Crippen molar-refractivity contribution >= 4 is 23.2 Å². The van der Waals surface area contributed by atoms with E-state index in [2.05, 4.69) is 15.7 Å². The Hall–Kier alpha value is -4.39. The highest BCUT2D eigenvalue weighted by atomic mass is 16.5. The molecule has 3 aromatic carbocycles.